The normalized spacial score (nSPS) is 11.3. The second-order valence-electron chi connectivity index (χ2n) is 5.36. The number of benzene rings is 2. The highest BCUT2D eigenvalue weighted by molar-refractivity contribution is 8.00. The molecule has 0 heterocycles. The van der Waals surface area contributed by atoms with Gasteiger partial charge in [-0.25, -0.2) is 0 Å². The Morgan fingerprint density at radius 2 is 1.93 bits per heavy atom. The number of nitrogens with zero attached hydrogens (tertiary/aromatic N) is 1. The number of amides is 1. The average molecular weight is 390 g/mol. The molecule has 8 nitrogen and oxygen atoms in total. The van der Waals surface area contributed by atoms with Crippen LogP contribution in [0.2, 0.25) is 0 Å². The Kier molecular flexibility index (Phi) is 7.18. The van der Waals surface area contributed by atoms with Crippen LogP contribution in [-0.4, -0.2) is 35.8 Å². The van der Waals surface area contributed by atoms with Crippen LogP contribution < -0.4 is 10.1 Å². The summed E-state index contributed by atoms with van der Waals surface area (Å²) in [6.07, 6.45) is -1.10. The molecule has 27 heavy (non-hydrogen) atoms. The lowest BCUT2D eigenvalue weighted by Crippen LogP contribution is -2.30. The third-order valence-corrected chi connectivity index (χ3v) is 4.42. The molecule has 0 bridgehead atoms. The first kappa shape index (κ1) is 20.2. The molecule has 0 saturated heterocycles. The van der Waals surface area contributed by atoms with E-state index in [2.05, 4.69) is 5.32 Å². The number of rotatable bonds is 8. The quantitative estimate of drug-likeness (QED) is 0.319. The van der Waals surface area contributed by atoms with Crippen molar-refractivity contribution in [2.24, 2.45) is 0 Å². The molecule has 0 aliphatic heterocycles. The zero-order valence-electron chi connectivity index (χ0n) is 14.7. The minimum absolute atomic E-state index is 0.00707. The smallest absolute Gasteiger partial charge is 0.317 e. The van der Waals surface area contributed by atoms with Crippen LogP contribution in [0.25, 0.3) is 0 Å². The van der Waals surface area contributed by atoms with E-state index in [1.54, 1.807) is 0 Å². The van der Waals surface area contributed by atoms with Crippen LogP contribution in [0.4, 0.5) is 11.4 Å². The molecule has 0 aliphatic rings. The van der Waals surface area contributed by atoms with Crippen molar-refractivity contribution < 1.29 is 24.0 Å². The largest absolute Gasteiger partial charge is 0.496 e. The molecule has 0 aliphatic carbocycles. The first-order chi connectivity index (χ1) is 12.9. The van der Waals surface area contributed by atoms with Gasteiger partial charge in [-0.05, 0) is 31.2 Å². The molecule has 0 aromatic heterocycles. The highest BCUT2D eigenvalue weighted by Gasteiger charge is 2.22. The van der Waals surface area contributed by atoms with Crippen molar-refractivity contribution >= 4 is 35.0 Å². The van der Waals surface area contributed by atoms with Gasteiger partial charge in [-0.2, -0.15) is 0 Å². The number of esters is 1. The van der Waals surface area contributed by atoms with Crippen molar-refractivity contribution in [3.63, 3.8) is 0 Å². The molecule has 9 heteroatoms. The molecular formula is C18H18N2O6S. The number of nitro benzene ring substituents is 1. The molecule has 2 rings (SSSR count). The fourth-order valence-corrected chi connectivity index (χ4v) is 2.78. The lowest BCUT2D eigenvalue weighted by Gasteiger charge is -2.14. The summed E-state index contributed by atoms with van der Waals surface area (Å²) in [6.45, 7) is 1.40. The lowest BCUT2D eigenvalue weighted by molar-refractivity contribution is -0.384. The molecule has 0 spiro atoms. The number of carbonyl (C=O) groups is 2. The average Bonchev–Trinajstić information content (AvgIpc) is 2.67. The van der Waals surface area contributed by atoms with E-state index < -0.39 is 22.9 Å². The van der Waals surface area contributed by atoms with Gasteiger partial charge in [-0.3, -0.25) is 19.7 Å². The number of carbonyl (C=O) groups excluding carboxylic acids is 2. The Morgan fingerprint density at radius 1 is 1.22 bits per heavy atom. The Bertz CT molecular complexity index is 828. The van der Waals surface area contributed by atoms with Crippen LogP contribution in [0.5, 0.6) is 5.75 Å². The van der Waals surface area contributed by atoms with Gasteiger partial charge in [-0.15, -0.1) is 11.8 Å². The van der Waals surface area contributed by atoms with Crippen molar-refractivity contribution in [2.75, 3.05) is 18.2 Å². The van der Waals surface area contributed by atoms with E-state index in [4.69, 9.17) is 9.47 Å². The number of hydrogen-bond donors (Lipinski definition) is 1. The zero-order chi connectivity index (χ0) is 19.8. The van der Waals surface area contributed by atoms with Crippen LogP contribution in [0.15, 0.2) is 53.4 Å². The summed E-state index contributed by atoms with van der Waals surface area (Å²) in [6, 6.07) is 13.3. The summed E-state index contributed by atoms with van der Waals surface area (Å²) in [5.41, 5.74) is -0.326. The first-order valence-electron chi connectivity index (χ1n) is 7.91. The van der Waals surface area contributed by atoms with Gasteiger partial charge in [0.25, 0.3) is 11.6 Å². The van der Waals surface area contributed by atoms with E-state index in [9.17, 15) is 19.7 Å². The van der Waals surface area contributed by atoms with Gasteiger partial charge >= 0.3 is 5.97 Å². The number of methoxy groups -OCH3 is 1. The van der Waals surface area contributed by atoms with Gasteiger partial charge in [0.05, 0.1) is 23.9 Å². The highest BCUT2D eigenvalue weighted by Crippen LogP contribution is 2.29. The Hall–Kier alpha value is -3.07. The summed E-state index contributed by atoms with van der Waals surface area (Å²) in [5.74, 6) is -0.890. The van der Waals surface area contributed by atoms with Crippen LogP contribution in [0.1, 0.15) is 6.92 Å². The van der Waals surface area contributed by atoms with Gasteiger partial charge in [-0.1, -0.05) is 18.2 Å². The van der Waals surface area contributed by atoms with Gasteiger partial charge < -0.3 is 14.8 Å². The summed E-state index contributed by atoms with van der Waals surface area (Å²) in [4.78, 5) is 35.5. The Morgan fingerprint density at radius 3 is 2.56 bits per heavy atom. The van der Waals surface area contributed by atoms with Crippen molar-refractivity contribution in [3.8, 4) is 5.75 Å². The maximum Gasteiger partial charge on any atom is 0.317 e. The third kappa shape index (κ3) is 6.00. The van der Waals surface area contributed by atoms with Crippen molar-refractivity contribution in [3.05, 3.63) is 58.6 Å². The topological polar surface area (TPSA) is 108 Å². The predicted molar refractivity (Wildman–Crippen MR) is 101 cm³/mol. The predicted octanol–water partition coefficient (Wildman–Crippen LogP) is 3.27. The molecule has 0 saturated carbocycles. The minimum Gasteiger partial charge on any atom is -0.496 e. The summed E-state index contributed by atoms with van der Waals surface area (Å²) >= 11 is 1.29. The number of ether oxygens (including phenoxy) is 2. The first-order valence-corrected chi connectivity index (χ1v) is 8.90. The van der Waals surface area contributed by atoms with E-state index in [0.717, 1.165) is 4.90 Å². The van der Waals surface area contributed by atoms with Crippen LogP contribution in [0, 0.1) is 10.1 Å². The molecule has 1 N–H and O–H groups in total. The summed E-state index contributed by atoms with van der Waals surface area (Å²) < 4.78 is 10.0. The molecule has 1 amide bonds. The maximum absolute atomic E-state index is 12.2. The van der Waals surface area contributed by atoms with Gasteiger partial charge in [0.1, 0.15) is 11.4 Å². The Labute approximate surface area is 160 Å². The number of anilines is 1. The molecule has 142 valence electrons. The van der Waals surface area contributed by atoms with Crippen molar-refractivity contribution in [1.82, 2.24) is 0 Å². The van der Waals surface area contributed by atoms with Gasteiger partial charge in [0.2, 0.25) is 0 Å². The van der Waals surface area contributed by atoms with Crippen LogP contribution >= 0.6 is 11.8 Å². The van der Waals surface area contributed by atoms with E-state index in [1.807, 2.05) is 30.3 Å². The second kappa shape index (κ2) is 9.58. The molecule has 0 fully saturated rings. The third-order valence-electron chi connectivity index (χ3n) is 3.44. The molecule has 2 aromatic rings. The maximum atomic E-state index is 12.2. The monoisotopic (exact) mass is 390 g/mol. The van der Waals surface area contributed by atoms with Crippen molar-refractivity contribution in [2.45, 2.75) is 17.9 Å². The molecule has 0 radical (unpaired) electrons. The number of thioether (sulfide) groups is 1. The minimum atomic E-state index is -1.10. The van der Waals surface area contributed by atoms with Crippen LogP contribution in [0.3, 0.4) is 0 Å². The summed E-state index contributed by atoms with van der Waals surface area (Å²) in [5, 5.41) is 13.6. The number of nitrogens with one attached hydrogen (secondary N) is 1. The Balaban J connectivity index is 1.93. The van der Waals surface area contributed by atoms with E-state index in [-0.39, 0.29) is 22.9 Å². The number of hydrogen-bond acceptors (Lipinski definition) is 7. The van der Waals surface area contributed by atoms with Gasteiger partial charge in [0.15, 0.2) is 6.10 Å². The zero-order valence-corrected chi connectivity index (χ0v) is 15.5. The summed E-state index contributed by atoms with van der Waals surface area (Å²) in [7, 11) is 1.38. The number of nitro groups is 1. The van der Waals surface area contributed by atoms with Gasteiger partial charge in [0, 0.05) is 4.90 Å². The molecule has 1 atom stereocenters. The SMILES string of the molecule is COc1ccc(NC(=O)[C@@H](C)OC(=O)CSc2ccccc2)c([N+](=O)[O-])c1. The lowest BCUT2D eigenvalue weighted by atomic mass is 10.2. The standard InChI is InChI=1S/C18H18N2O6S/c1-12(26-17(21)11-27-14-6-4-3-5-7-14)18(22)19-15-9-8-13(25-2)10-16(15)20(23)24/h3-10,12H,11H2,1-2H3,(H,19,22)/t12-/m1/s1. The fraction of sp³-hybridized carbons (Fsp3) is 0.222. The van der Waals surface area contributed by atoms with Crippen LogP contribution in [-0.2, 0) is 14.3 Å². The van der Waals surface area contributed by atoms with Crippen molar-refractivity contribution in [1.29, 1.82) is 0 Å². The fourth-order valence-electron chi connectivity index (χ4n) is 2.07. The molecular weight excluding hydrogens is 372 g/mol. The van der Waals surface area contributed by atoms with E-state index in [0.29, 0.717) is 0 Å². The molecule has 0 unspecified atom stereocenters. The second-order valence-corrected chi connectivity index (χ2v) is 6.41. The van der Waals surface area contributed by atoms with E-state index >= 15 is 0 Å². The molecule has 2 aromatic carbocycles. The van der Waals surface area contributed by atoms with E-state index in [1.165, 1.54) is 44.0 Å². The highest BCUT2D eigenvalue weighted by atomic mass is 32.2.